The Labute approximate surface area is 111 Å². The topological polar surface area (TPSA) is 55.1 Å². The van der Waals surface area contributed by atoms with Gasteiger partial charge < -0.3 is 11.1 Å². The lowest BCUT2D eigenvalue weighted by Gasteiger charge is -2.33. The van der Waals surface area contributed by atoms with Gasteiger partial charge in [0.25, 0.3) is 0 Å². The van der Waals surface area contributed by atoms with Gasteiger partial charge in [-0.3, -0.25) is 4.79 Å². The first-order valence-electron chi connectivity index (χ1n) is 7.71. The molecule has 104 valence electrons. The zero-order valence-corrected chi connectivity index (χ0v) is 11.7. The highest BCUT2D eigenvalue weighted by atomic mass is 16.2. The van der Waals surface area contributed by atoms with Crippen molar-refractivity contribution in [2.45, 2.75) is 64.3 Å². The van der Waals surface area contributed by atoms with Gasteiger partial charge in [-0.15, -0.1) is 0 Å². The molecule has 18 heavy (non-hydrogen) atoms. The minimum atomic E-state index is 0.183. The SMILES string of the molecule is CC1CCC(NC(=O)C2CCCCC2CN)CC1. The molecule has 0 radical (unpaired) electrons. The Bertz CT molecular complexity index is 272. The van der Waals surface area contributed by atoms with Gasteiger partial charge in [0.1, 0.15) is 0 Å². The predicted molar refractivity (Wildman–Crippen MR) is 74.1 cm³/mol. The van der Waals surface area contributed by atoms with Crippen LogP contribution in [0.3, 0.4) is 0 Å². The van der Waals surface area contributed by atoms with Gasteiger partial charge in [0.15, 0.2) is 0 Å². The first kappa shape index (κ1) is 13.9. The molecule has 3 nitrogen and oxygen atoms in total. The third-order valence-electron chi connectivity index (χ3n) is 4.91. The van der Waals surface area contributed by atoms with E-state index in [0.717, 1.165) is 31.6 Å². The molecule has 2 unspecified atom stereocenters. The number of carbonyl (C=O) groups excluding carboxylic acids is 1. The first-order chi connectivity index (χ1) is 8.70. The Hall–Kier alpha value is -0.570. The van der Waals surface area contributed by atoms with Gasteiger partial charge in [-0.1, -0.05) is 19.8 Å². The van der Waals surface area contributed by atoms with E-state index in [-0.39, 0.29) is 11.8 Å². The van der Waals surface area contributed by atoms with Crippen LogP contribution >= 0.6 is 0 Å². The van der Waals surface area contributed by atoms with Crippen LogP contribution in [0.15, 0.2) is 0 Å². The van der Waals surface area contributed by atoms with Gasteiger partial charge in [-0.25, -0.2) is 0 Å². The summed E-state index contributed by atoms with van der Waals surface area (Å²) in [5, 5.41) is 3.28. The highest BCUT2D eigenvalue weighted by Gasteiger charge is 2.31. The van der Waals surface area contributed by atoms with Crippen LogP contribution in [0.2, 0.25) is 0 Å². The summed E-state index contributed by atoms with van der Waals surface area (Å²) in [6, 6.07) is 0.425. The number of hydrogen-bond acceptors (Lipinski definition) is 2. The molecule has 0 spiro atoms. The lowest BCUT2D eigenvalue weighted by atomic mass is 9.78. The average molecular weight is 252 g/mol. The quantitative estimate of drug-likeness (QED) is 0.810. The van der Waals surface area contributed by atoms with Gasteiger partial charge in [-0.2, -0.15) is 0 Å². The fourth-order valence-corrected chi connectivity index (χ4v) is 3.55. The van der Waals surface area contributed by atoms with E-state index in [9.17, 15) is 4.79 Å². The molecule has 0 aromatic heterocycles. The van der Waals surface area contributed by atoms with Crippen molar-refractivity contribution in [3.8, 4) is 0 Å². The van der Waals surface area contributed by atoms with Crippen LogP contribution in [0.25, 0.3) is 0 Å². The molecule has 0 aromatic carbocycles. The zero-order chi connectivity index (χ0) is 13.0. The number of nitrogens with one attached hydrogen (secondary N) is 1. The molecular formula is C15H28N2O. The lowest BCUT2D eigenvalue weighted by molar-refractivity contribution is -0.128. The maximum Gasteiger partial charge on any atom is 0.223 e. The fourth-order valence-electron chi connectivity index (χ4n) is 3.55. The Morgan fingerprint density at radius 2 is 1.78 bits per heavy atom. The van der Waals surface area contributed by atoms with Crippen molar-refractivity contribution in [1.29, 1.82) is 0 Å². The summed E-state index contributed by atoms with van der Waals surface area (Å²) in [6.07, 6.45) is 9.45. The van der Waals surface area contributed by atoms with Crippen molar-refractivity contribution in [3.63, 3.8) is 0 Å². The minimum Gasteiger partial charge on any atom is -0.353 e. The Morgan fingerprint density at radius 1 is 1.11 bits per heavy atom. The van der Waals surface area contributed by atoms with Crippen molar-refractivity contribution < 1.29 is 4.79 Å². The number of hydrogen-bond donors (Lipinski definition) is 2. The lowest BCUT2D eigenvalue weighted by Crippen LogP contribution is -2.44. The summed E-state index contributed by atoms with van der Waals surface area (Å²) in [4.78, 5) is 12.4. The third-order valence-corrected chi connectivity index (χ3v) is 4.91. The Kier molecular flexibility index (Phi) is 5.04. The molecule has 2 atom stereocenters. The van der Waals surface area contributed by atoms with Crippen molar-refractivity contribution in [2.75, 3.05) is 6.54 Å². The van der Waals surface area contributed by atoms with Crippen LogP contribution < -0.4 is 11.1 Å². The van der Waals surface area contributed by atoms with E-state index in [1.807, 2.05) is 0 Å². The number of carbonyl (C=O) groups is 1. The standard InChI is InChI=1S/C15H28N2O/c1-11-6-8-13(9-7-11)17-15(18)14-5-3-2-4-12(14)10-16/h11-14H,2-10,16H2,1H3,(H,17,18). The summed E-state index contributed by atoms with van der Waals surface area (Å²) in [7, 11) is 0. The van der Waals surface area contributed by atoms with Gasteiger partial charge in [0.05, 0.1) is 0 Å². The fraction of sp³-hybridized carbons (Fsp3) is 0.933. The van der Waals surface area contributed by atoms with Crippen LogP contribution in [0.4, 0.5) is 0 Å². The number of rotatable bonds is 3. The largest absolute Gasteiger partial charge is 0.353 e. The second-order valence-electron chi connectivity index (χ2n) is 6.35. The summed E-state index contributed by atoms with van der Waals surface area (Å²) < 4.78 is 0. The van der Waals surface area contributed by atoms with Crippen molar-refractivity contribution in [3.05, 3.63) is 0 Å². The predicted octanol–water partition coefficient (Wildman–Crippen LogP) is 2.45. The highest BCUT2D eigenvalue weighted by molar-refractivity contribution is 5.79. The molecule has 2 aliphatic rings. The summed E-state index contributed by atoms with van der Waals surface area (Å²) in [5.74, 6) is 1.72. The van der Waals surface area contributed by atoms with Crippen LogP contribution in [0.5, 0.6) is 0 Å². The first-order valence-corrected chi connectivity index (χ1v) is 7.71. The highest BCUT2D eigenvalue weighted by Crippen LogP contribution is 2.30. The third kappa shape index (κ3) is 3.47. The normalized spacial score (nSPS) is 37.2. The van der Waals surface area contributed by atoms with Crippen molar-refractivity contribution in [1.82, 2.24) is 5.32 Å². The molecule has 0 aliphatic heterocycles. The summed E-state index contributed by atoms with van der Waals surface area (Å²) in [5.41, 5.74) is 5.80. The Morgan fingerprint density at radius 3 is 2.44 bits per heavy atom. The van der Waals surface area contributed by atoms with Crippen LogP contribution in [0.1, 0.15) is 58.3 Å². The smallest absolute Gasteiger partial charge is 0.223 e. The van der Waals surface area contributed by atoms with E-state index in [1.54, 1.807) is 0 Å². The molecule has 3 heteroatoms. The molecule has 2 saturated carbocycles. The molecule has 2 aliphatic carbocycles. The summed E-state index contributed by atoms with van der Waals surface area (Å²) in [6.45, 7) is 2.98. The van der Waals surface area contributed by atoms with Gasteiger partial charge in [0.2, 0.25) is 5.91 Å². The molecule has 2 rings (SSSR count). The molecule has 1 amide bonds. The second-order valence-corrected chi connectivity index (χ2v) is 6.35. The molecule has 0 saturated heterocycles. The molecular weight excluding hydrogens is 224 g/mol. The minimum absolute atomic E-state index is 0.183. The van der Waals surface area contributed by atoms with Crippen LogP contribution in [-0.4, -0.2) is 18.5 Å². The molecule has 0 heterocycles. The van der Waals surface area contributed by atoms with E-state index in [4.69, 9.17) is 5.73 Å². The molecule has 3 N–H and O–H groups in total. The van der Waals surface area contributed by atoms with Gasteiger partial charge in [0, 0.05) is 12.0 Å². The molecule has 0 aromatic rings. The van der Waals surface area contributed by atoms with E-state index >= 15 is 0 Å². The van der Waals surface area contributed by atoms with Crippen LogP contribution in [0, 0.1) is 17.8 Å². The maximum atomic E-state index is 12.4. The van der Waals surface area contributed by atoms with Gasteiger partial charge in [-0.05, 0) is 56.9 Å². The van der Waals surface area contributed by atoms with E-state index in [2.05, 4.69) is 12.2 Å². The maximum absolute atomic E-state index is 12.4. The molecule has 0 bridgehead atoms. The van der Waals surface area contributed by atoms with E-state index < -0.39 is 0 Å². The molecule has 2 fully saturated rings. The van der Waals surface area contributed by atoms with Crippen molar-refractivity contribution in [2.24, 2.45) is 23.5 Å². The van der Waals surface area contributed by atoms with Crippen molar-refractivity contribution >= 4 is 5.91 Å². The van der Waals surface area contributed by atoms with Crippen LogP contribution in [-0.2, 0) is 4.79 Å². The second kappa shape index (κ2) is 6.55. The van der Waals surface area contributed by atoms with Gasteiger partial charge >= 0.3 is 0 Å². The Balaban J connectivity index is 1.82. The zero-order valence-electron chi connectivity index (χ0n) is 11.7. The average Bonchev–Trinajstić information content (AvgIpc) is 2.41. The number of nitrogens with two attached hydrogens (primary N) is 1. The number of amides is 1. The van der Waals surface area contributed by atoms with E-state index in [0.29, 0.717) is 18.5 Å². The monoisotopic (exact) mass is 252 g/mol. The van der Waals surface area contributed by atoms with E-state index in [1.165, 1.54) is 25.7 Å². The summed E-state index contributed by atoms with van der Waals surface area (Å²) >= 11 is 0.